The van der Waals surface area contributed by atoms with E-state index in [-0.39, 0.29) is 0 Å². The van der Waals surface area contributed by atoms with Crippen LogP contribution in [0.5, 0.6) is 5.88 Å². The van der Waals surface area contributed by atoms with E-state index < -0.39 is 0 Å². The van der Waals surface area contributed by atoms with Gasteiger partial charge in [-0.2, -0.15) is 0 Å². The van der Waals surface area contributed by atoms with Crippen LogP contribution in [-0.2, 0) is 6.54 Å². The third-order valence-corrected chi connectivity index (χ3v) is 2.38. The highest BCUT2D eigenvalue weighted by atomic mass is 16.5. The second kappa shape index (κ2) is 8.34. The molecule has 106 valence electrons. The first-order valence-electron chi connectivity index (χ1n) is 6.73. The van der Waals surface area contributed by atoms with Crippen LogP contribution in [0.2, 0.25) is 0 Å². The van der Waals surface area contributed by atoms with Crippen LogP contribution in [0.25, 0.3) is 0 Å². The summed E-state index contributed by atoms with van der Waals surface area (Å²) in [5.41, 5.74) is 6.77. The molecule has 1 aromatic rings. The average molecular weight is 264 g/mol. The summed E-state index contributed by atoms with van der Waals surface area (Å²) >= 11 is 0. The van der Waals surface area contributed by atoms with Crippen LogP contribution in [0, 0.1) is 5.92 Å². The number of pyridine rings is 1. The molecule has 0 radical (unpaired) electrons. The first-order valence-corrected chi connectivity index (χ1v) is 6.73. The quantitative estimate of drug-likeness (QED) is 0.583. The normalized spacial score (nSPS) is 11.7. The second-order valence-electron chi connectivity index (χ2n) is 4.83. The summed E-state index contributed by atoms with van der Waals surface area (Å²) in [5, 5.41) is 3.07. The van der Waals surface area contributed by atoms with Crippen molar-refractivity contribution >= 4 is 5.96 Å². The van der Waals surface area contributed by atoms with E-state index in [0.29, 0.717) is 30.9 Å². The van der Waals surface area contributed by atoms with Gasteiger partial charge in [-0.1, -0.05) is 26.8 Å². The van der Waals surface area contributed by atoms with Gasteiger partial charge in [0, 0.05) is 18.8 Å². The smallest absolute Gasteiger partial charge is 0.213 e. The first kappa shape index (κ1) is 15.3. The molecule has 1 heterocycles. The van der Waals surface area contributed by atoms with Crippen LogP contribution in [0.4, 0.5) is 0 Å². The van der Waals surface area contributed by atoms with Crippen molar-refractivity contribution in [1.82, 2.24) is 10.3 Å². The van der Waals surface area contributed by atoms with Crippen molar-refractivity contribution in [1.29, 1.82) is 0 Å². The van der Waals surface area contributed by atoms with Crippen LogP contribution < -0.4 is 15.8 Å². The number of guanidine groups is 1. The Morgan fingerprint density at radius 1 is 1.47 bits per heavy atom. The zero-order valence-corrected chi connectivity index (χ0v) is 12.0. The minimum Gasteiger partial charge on any atom is -0.478 e. The summed E-state index contributed by atoms with van der Waals surface area (Å²) in [6, 6.07) is 3.81. The number of nitrogens with two attached hydrogens (primary N) is 1. The number of ether oxygens (including phenoxy) is 1. The fourth-order valence-corrected chi connectivity index (χ4v) is 1.34. The van der Waals surface area contributed by atoms with Gasteiger partial charge in [0.15, 0.2) is 5.96 Å². The lowest BCUT2D eigenvalue weighted by Gasteiger charge is -2.08. The lowest BCUT2D eigenvalue weighted by atomic mass is 10.2. The summed E-state index contributed by atoms with van der Waals surface area (Å²) < 4.78 is 5.42. The lowest BCUT2D eigenvalue weighted by molar-refractivity contribution is 0.305. The van der Waals surface area contributed by atoms with Crippen LogP contribution in [-0.4, -0.2) is 24.1 Å². The predicted molar refractivity (Wildman–Crippen MR) is 78.2 cm³/mol. The van der Waals surface area contributed by atoms with Crippen molar-refractivity contribution in [3.63, 3.8) is 0 Å². The van der Waals surface area contributed by atoms with E-state index in [2.05, 4.69) is 36.1 Å². The highest BCUT2D eigenvalue weighted by molar-refractivity contribution is 5.77. The van der Waals surface area contributed by atoms with Gasteiger partial charge in [-0.15, -0.1) is 0 Å². The van der Waals surface area contributed by atoms with Crippen LogP contribution in [0.1, 0.15) is 32.8 Å². The molecule has 0 unspecified atom stereocenters. The van der Waals surface area contributed by atoms with Gasteiger partial charge < -0.3 is 15.8 Å². The molecule has 1 rings (SSSR count). The monoisotopic (exact) mass is 264 g/mol. The average Bonchev–Trinajstić information content (AvgIpc) is 2.41. The van der Waals surface area contributed by atoms with Gasteiger partial charge in [0.1, 0.15) is 0 Å². The van der Waals surface area contributed by atoms with Crippen molar-refractivity contribution in [3.8, 4) is 5.88 Å². The molecule has 0 aromatic carbocycles. The molecule has 3 N–H and O–H groups in total. The zero-order valence-electron chi connectivity index (χ0n) is 12.0. The third-order valence-electron chi connectivity index (χ3n) is 2.38. The van der Waals surface area contributed by atoms with Gasteiger partial charge in [-0.05, 0) is 17.9 Å². The Bertz CT molecular complexity index is 387. The Morgan fingerprint density at radius 2 is 2.26 bits per heavy atom. The maximum absolute atomic E-state index is 5.76. The van der Waals surface area contributed by atoms with Crippen LogP contribution in [0.3, 0.4) is 0 Å². The molecule has 0 amide bonds. The molecule has 0 fully saturated rings. The maximum atomic E-state index is 5.76. The molecule has 0 saturated carbocycles. The van der Waals surface area contributed by atoms with Gasteiger partial charge >= 0.3 is 0 Å². The number of hydrogen-bond acceptors (Lipinski definition) is 3. The minimum atomic E-state index is 0.472. The standard InChI is InChI=1S/C14H24N4O/c1-4-7-19-13-6-5-12(9-16-13)10-18-14(15)17-8-11(2)3/h5-6,9,11H,4,7-8,10H2,1-3H3,(H3,15,17,18). The Labute approximate surface area is 115 Å². The molecule has 0 aliphatic carbocycles. The molecule has 0 bridgehead atoms. The van der Waals surface area contributed by atoms with Gasteiger partial charge in [0.25, 0.3) is 0 Å². The molecule has 19 heavy (non-hydrogen) atoms. The Kier molecular flexibility index (Phi) is 6.71. The summed E-state index contributed by atoms with van der Waals surface area (Å²) in [6.07, 6.45) is 2.75. The van der Waals surface area contributed by atoms with Crippen molar-refractivity contribution in [3.05, 3.63) is 23.9 Å². The number of rotatable bonds is 7. The van der Waals surface area contributed by atoms with E-state index >= 15 is 0 Å². The Balaban J connectivity index is 2.42. The van der Waals surface area contributed by atoms with E-state index in [4.69, 9.17) is 10.5 Å². The molecular formula is C14H24N4O. The van der Waals surface area contributed by atoms with Gasteiger partial charge in [-0.3, -0.25) is 0 Å². The maximum Gasteiger partial charge on any atom is 0.213 e. The minimum absolute atomic E-state index is 0.472. The SMILES string of the molecule is CCCOc1ccc(CN=C(N)NCC(C)C)cn1. The van der Waals surface area contributed by atoms with Crippen molar-refractivity contribution in [2.75, 3.05) is 13.2 Å². The number of nitrogens with one attached hydrogen (secondary N) is 1. The van der Waals surface area contributed by atoms with Gasteiger partial charge in [-0.25, -0.2) is 9.98 Å². The molecule has 1 aromatic heterocycles. The van der Waals surface area contributed by atoms with E-state index in [1.165, 1.54) is 0 Å². The molecule has 0 spiro atoms. The van der Waals surface area contributed by atoms with Crippen molar-refractivity contribution in [2.24, 2.45) is 16.6 Å². The van der Waals surface area contributed by atoms with E-state index in [9.17, 15) is 0 Å². The van der Waals surface area contributed by atoms with Gasteiger partial charge in [0.05, 0.1) is 13.2 Å². The molecule has 0 atom stereocenters. The largest absolute Gasteiger partial charge is 0.478 e. The fourth-order valence-electron chi connectivity index (χ4n) is 1.34. The number of aliphatic imine (C=N–C) groups is 1. The fraction of sp³-hybridized carbons (Fsp3) is 0.571. The molecular weight excluding hydrogens is 240 g/mol. The number of hydrogen-bond donors (Lipinski definition) is 2. The summed E-state index contributed by atoms with van der Waals surface area (Å²) in [4.78, 5) is 8.48. The summed E-state index contributed by atoms with van der Waals surface area (Å²) in [5.74, 6) is 1.67. The molecule has 0 aliphatic rings. The van der Waals surface area contributed by atoms with Crippen LogP contribution >= 0.6 is 0 Å². The zero-order chi connectivity index (χ0) is 14.1. The summed E-state index contributed by atoms with van der Waals surface area (Å²) in [7, 11) is 0. The summed E-state index contributed by atoms with van der Waals surface area (Å²) in [6.45, 7) is 8.36. The molecule has 0 saturated heterocycles. The first-order chi connectivity index (χ1) is 9.11. The van der Waals surface area contributed by atoms with E-state index in [0.717, 1.165) is 18.5 Å². The highest BCUT2D eigenvalue weighted by Crippen LogP contribution is 2.08. The number of nitrogens with zero attached hydrogens (tertiary/aromatic N) is 2. The van der Waals surface area contributed by atoms with E-state index in [1.54, 1.807) is 6.20 Å². The third kappa shape index (κ3) is 6.64. The van der Waals surface area contributed by atoms with E-state index in [1.807, 2.05) is 12.1 Å². The van der Waals surface area contributed by atoms with Crippen molar-refractivity contribution in [2.45, 2.75) is 33.7 Å². The van der Waals surface area contributed by atoms with Crippen LogP contribution in [0.15, 0.2) is 23.3 Å². The predicted octanol–water partition coefficient (Wildman–Crippen LogP) is 1.93. The molecule has 5 heteroatoms. The Hall–Kier alpha value is -1.78. The highest BCUT2D eigenvalue weighted by Gasteiger charge is 1.98. The number of aromatic nitrogens is 1. The second-order valence-corrected chi connectivity index (χ2v) is 4.83. The van der Waals surface area contributed by atoms with Crippen molar-refractivity contribution < 1.29 is 4.74 Å². The Morgan fingerprint density at radius 3 is 2.84 bits per heavy atom. The molecule has 5 nitrogen and oxygen atoms in total. The lowest BCUT2D eigenvalue weighted by Crippen LogP contribution is -2.34. The van der Waals surface area contributed by atoms with Gasteiger partial charge in [0.2, 0.25) is 5.88 Å². The topological polar surface area (TPSA) is 72.5 Å². The molecule has 0 aliphatic heterocycles.